The number of hydrogen-bond donors (Lipinski definition) is 4. The zero-order valence-electron chi connectivity index (χ0n) is 26.7. The van der Waals surface area contributed by atoms with Gasteiger partial charge in [0.25, 0.3) is 0 Å². The van der Waals surface area contributed by atoms with Crippen molar-refractivity contribution >= 4 is 23.3 Å². The first-order valence-electron chi connectivity index (χ1n) is 15.7. The molecule has 0 saturated carbocycles. The number of benzene rings is 2. The van der Waals surface area contributed by atoms with Gasteiger partial charge in [-0.3, -0.25) is 24.1 Å². The summed E-state index contributed by atoms with van der Waals surface area (Å²) in [7, 11) is 1.30. The summed E-state index contributed by atoms with van der Waals surface area (Å²) in [5.74, 6) is -5.58. The molecule has 2 aliphatic heterocycles. The van der Waals surface area contributed by atoms with Gasteiger partial charge in [0, 0.05) is 68.2 Å². The molecule has 2 heterocycles. The fourth-order valence-corrected chi connectivity index (χ4v) is 7.40. The van der Waals surface area contributed by atoms with Crippen molar-refractivity contribution in [1.82, 2.24) is 9.80 Å². The molecule has 0 spiro atoms. The van der Waals surface area contributed by atoms with Gasteiger partial charge in [0.2, 0.25) is 5.78 Å². The SMILES string of the molecule is COc1cccc2c1C(=O)c1c(O)c3c(c(O)c1C2=O)C[C@@](O)(C(C)=O)C[C@@H]3O[C@H]1CC(N2CCN(C(=O)C(F)(F)F)CC2)[C@H](O)[C@H](C)O1. The molecular formula is C33H35F3N2O11. The van der Waals surface area contributed by atoms with Crippen LogP contribution in [0.3, 0.4) is 0 Å². The fourth-order valence-electron chi connectivity index (χ4n) is 7.40. The standard InChI is InChI=1S/C33H35F3N2O11/c1-14-26(40)18(37-7-9-38(10-8-37)31(45)33(34,35)36)11-21(48-14)49-20-13-32(46,15(2)39)12-17-23(20)30(44)25-24(28(17)42)27(41)16-5-4-6-19(47-3)22(16)29(25)43/h4-6,14,18,20-21,26,40,42,44,46H,7-13H2,1-3H3/t14-,18?,20-,21-,26+,32-/m0/s1. The summed E-state index contributed by atoms with van der Waals surface area (Å²) in [5, 5.41) is 45.7. The fraction of sp³-hybridized carbons (Fsp3) is 0.515. The number of ether oxygens (including phenoxy) is 3. The van der Waals surface area contributed by atoms with Crippen molar-refractivity contribution in [3.8, 4) is 17.2 Å². The highest BCUT2D eigenvalue weighted by atomic mass is 19.4. The second kappa shape index (κ2) is 12.4. The van der Waals surface area contributed by atoms with Crippen molar-refractivity contribution in [2.45, 2.75) is 75.5 Å². The lowest BCUT2D eigenvalue weighted by atomic mass is 9.72. The van der Waals surface area contributed by atoms with Crippen molar-refractivity contribution in [3.63, 3.8) is 0 Å². The van der Waals surface area contributed by atoms with Crippen LogP contribution < -0.4 is 4.74 Å². The van der Waals surface area contributed by atoms with Gasteiger partial charge in [-0.15, -0.1) is 0 Å². The van der Waals surface area contributed by atoms with Crippen molar-refractivity contribution < 1.29 is 67.0 Å². The van der Waals surface area contributed by atoms with E-state index in [1.807, 2.05) is 0 Å². The number of fused-ring (bicyclic) bond motifs is 3. The van der Waals surface area contributed by atoms with Crippen LogP contribution in [0.25, 0.3) is 0 Å². The number of carbonyl (C=O) groups excluding carboxylic acids is 4. The van der Waals surface area contributed by atoms with Crippen LogP contribution in [0, 0.1) is 0 Å². The Morgan fingerprint density at radius 3 is 2.29 bits per heavy atom. The number of hydrogen-bond acceptors (Lipinski definition) is 12. The molecule has 2 aromatic rings. The predicted molar refractivity (Wildman–Crippen MR) is 160 cm³/mol. The maximum absolute atomic E-state index is 13.8. The topological polar surface area (TPSA) is 183 Å². The Morgan fingerprint density at radius 1 is 1.02 bits per heavy atom. The molecule has 4 aliphatic rings. The lowest BCUT2D eigenvalue weighted by Crippen LogP contribution is -2.61. The van der Waals surface area contributed by atoms with Crippen LogP contribution in [0.5, 0.6) is 17.2 Å². The van der Waals surface area contributed by atoms with Crippen LogP contribution in [-0.2, 0) is 25.5 Å². The number of piperazine rings is 1. The quantitative estimate of drug-likeness (QED) is 0.285. The summed E-state index contributed by atoms with van der Waals surface area (Å²) in [6.45, 7) is 2.24. The summed E-state index contributed by atoms with van der Waals surface area (Å²) in [6.07, 6.45) is -10.6. The number of aliphatic hydroxyl groups is 2. The van der Waals surface area contributed by atoms with Gasteiger partial charge in [0.15, 0.2) is 17.9 Å². The summed E-state index contributed by atoms with van der Waals surface area (Å²) < 4.78 is 56.4. The number of nitrogens with zero attached hydrogens (tertiary/aromatic N) is 2. The van der Waals surface area contributed by atoms with Gasteiger partial charge in [0.1, 0.15) is 22.8 Å². The number of alkyl halides is 3. The predicted octanol–water partition coefficient (Wildman–Crippen LogP) is 1.78. The van der Waals surface area contributed by atoms with Crippen molar-refractivity contribution in [2.24, 2.45) is 0 Å². The first-order chi connectivity index (χ1) is 23.0. The molecule has 0 radical (unpaired) electrons. The maximum atomic E-state index is 13.8. The van der Waals surface area contributed by atoms with E-state index in [2.05, 4.69) is 0 Å². The minimum absolute atomic E-state index is 0.0151. The minimum Gasteiger partial charge on any atom is -0.507 e. The normalized spacial score (nSPS) is 28.8. The molecule has 1 unspecified atom stereocenters. The third-order valence-corrected chi connectivity index (χ3v) is 10.0. The molecule has 2 saturated heterocycles. The minimum atomic E-state index is -5.02. The van der Waals surface area contributed by atoms with E-state index in [9.17, 15) is 52.8 Å². The van der Waals surface area contributed by atoms with Crippen LogP contribution in [0.2, 0.25) is 0 Å². The highest BCUT2D eigenvalue weighted by Crippen LogP contribution is 2.52. The summed E-state index contributed by atoms with van der Waals surface area (Å²) in [5.41, 5.74) is -3.64. The van der Waals surface area contributed by atoms with E-state index in [1.54, 1.807) is 11.8 Å². The Hall–Kier alpha value is -4.09. The van der Waals surface area contributed by atoms with E-state index in [-0.39, 0.29) is 60.6 Å². The number of methoxy groups -OCH3 is 1. The number of aliphatic hydroxyl groups excluding tert-OH is 1. The highest BCUT2D eigenvalue weighted by molar-refractivity contribution is 6.31. The molecule has 6 rings (SSSR count). The molecule has 16 heteroatoms. The molecular weight excluding hydrogens is 657 g/mol. The summed E-state index contributed by atoms with van der Waals surface area (Å²) in [4.78, 5) is 54.4. The van der Waals surface area contributed by atoms with Gasteiger partial charge in [-0.25, -0.2) is 0 Å². The molecule has 13 nitrogen and oxygen atoms in total. The molecule has 6 atom stereocenters. The number of rotatable bonds is 5. The van der Waals surface area contributed by atoms with Crippen LogP contribution in [0.1, 0.15) is 75.8 Å². The first kappa shape index (κ1) is 34.8. The van der Waals surface area contributed by atoms with E-state index in [0.29, 0.717) is 4.90 Å². The number of phenolic OH excluding ortho intramolecular Hbond substituents is 2. The Bertz CT molecular complexity index is 1740. The zero-order valence-corrected chi connectivity index (χ0v) is 26.7. The molecule has 1 amide bonds. The lowest BCUT2D eigenvalue weighted by molar-refractivity contribution is -0.259. The number of halogens is 3. The number of amides is 1. The van der Waals surface area contributed by atoms with Crippen molar-refractivity contribution in [3.05, 3.63) is 51.6 Å². The number of carbonyl (C=O) groups is 4. The number of ketones is 3. The third kappa shape index (κ3) is 5.74. The Labute approximate surface area is 277 Å². The third-order valence-electron chi connectivity index (χ3n) is 10.0. The van der Waals surface area contributed by atoms with Gasteiger partial charge in [-0.2, -0.15) is 13.2 Å². The zero-order chi connectivity index (χ0) is 35.7. The maximum Gasteiger partial charge on any atom is 0.471 e. The summed E-state index contributed by atoms with van der Waals surface area (Å²) in [6, 6.07) is 3.61. The van der Waals surface area contributed by atoms with E-state index in [4.69, 9.17) is 14.2 Å². The van der Waals surface area contributed by atoms with Gasteiger partial charge in [0.05, 0.1) is 42.1 Å². The molecule has 49 heavy (non-hydrogen) atoms. The van der Waals surface area contributed by atoms with Crippen LogP contribution in [0.15, 0.2) is 18.2 Å². The second-order valence-electron chi connectivity index (χ2n) is 12.9. The Balaban J connectivity index is 1.34. The molecule has 264 valence electrons. The Morgan fingerprint density at radius 2 is 1.67 bits per heavy atom. The summed E-state index contributed by atoms with van der Waals surface area (Å²) >= 11 is 0. The highest BCUT2D eigenvalue weighted by Gasteiger charge is 2.50. The van der Waals surface area contributed by atoms with Gasteiger partial charge < -0.3 is 39.5 Å². The number of aromatic hydroxyl groups is 2. The second-order valence-corrected chi connectivity index (χ2v) is 12.9. The molecule has 0 aromatic heterocycles. The van der Waals surface area contributed by atoms with Gasteiger partial charge in [-0.05, 0) is 19.9 Å². The average molecular weight is 693 g/mol. The molecule has 2 fully saturated rings. The van der Waals surface area contributed by atoms with Crippen LogP contribution >= 0.6 is 0 Å². The number of phenols is 2. The monoisotopic (exact) mass is 692 g/mol. The first-order valence-corrected chi connectivity index (χ1v) is 15.7. The lowest BCUT2D eigenvalue weighted by Gasteiger charge is -2.47. The van der Waals surface area contributed by atoms with Crippen molar-refractivity contribution in [1.29, 1.82) is 0 Å². The van der Waals surface area contributed by atoms with Crippen molar-refractivity contribution in [2.75, 3.05) is 33.3 Å². The van der Waals surface area contributed by atoms with Gasteiger partial charge >= 0.3 is 12.1 Å². The van der Waals surface area contributed by atoms with E-state index >= 15 is 0 Å². The molecule has 2 aliphatic carbocycles. The van der Waals surface area contributed by atoms with E-state index in [0.717, 1.165) is 6.92 Å². The smallest absolute Gasteiger partial charge is 0.471 e. The Kier molecular flexibility index (Phi) is 8.76. The van der Waals surface area contributed by atoms with E-state index in [1.165, 1.54) is 25.3 Å². The number of Topliss-reactive ketones (excluding diaryl/α,β-unsaturated/α-hetero) is 1. The van der Waals surface area contributed by atoms with E-state index < -0.39 is 101 Å². The molecule has 0 bridgehead atoms. The average Bonchev–Trinajstić information content (AvgIpc) is 3.05. The largest absolute Gasteiger partial charge is 0.507 e. The molecule has 4 N–H and O–H groups in total. The molecule has 2 aromatic carbocycles. The van der Waals surface area contributed by atoms with Crippen LogP contribution in [0.4, 0.5) is 13.2 Å². The van der Waals surface area contributed by atoms with Gasteiger partial charge in [-0.1, -0.05) is 12.1 Å². The van der Waals surface area contributed by atoms with Crippen LogP contribution in [-0.4, -0.2) is 123 Å².